The summed E-state index contributed by atoms with van der Waals surface area (Å²) in [6, 6.07) is 106. The smallest absolute Gasteiger partial charge is 0.261 e. The van der Waals surface area contributed by atoms with Gasteiger partial charge in [-0.1, -0.05) is 185 Å². The van der Waals surface area contributed by atoms with Gasteiger partial charge in [-0.3, -0.25) is 4.90 Å². The Morgan fingerprint density at radius 1 is 0.322 bits per heavy atom. The second-order valence-corrected chi connectivity index (χ2v) is 24.1. The van der Waals surface area contributed by atoms with Gasteiger partial charge in [0.25, 0.3) is 13.4 Å². The molecule has 17 rings (SSSR count). The highest BCUT2D eigenvalue weighted by Gasteiger charge is 2.50. The summed E-state index contributed by atoms with van der Waals surface area (Å²) in [5.74, 6) is 2.39. The van der Waals surface area contributed by atoms with E-state index in [1.54, 1.807) is 0 Å². The van der Waals surface area contributed by atoms with Gasteiger partial charge in [0, 0.05) is 85.5 Å². The number of para-hydroxylation sites is 8. The van der Waals surface area contributed by atoms with Crippen LogP contribution in [0.3, 0.4) is 0 Å². The number of rotatable bonds is 9. The molecule has 9 heteroatoms. The zero-order chi connectivity index (χ0) is 57.9. The number of hydrogen-bond acceptors (Lipinski definition) is 7. The molecule has 4 aliphatic heterocycles. The Morgan fingerprint density at radius 3 is 1.29 bits per heavy atom. The molecule has 0 amide bonds. The molecule has 0 spiro atoms. The summed E-state index contributed by atoms with van der Waals surface area (Å²) >= 11 is 0. The highest BCUT2D eigenvalue weighted by Crippen LogP contribution is 2.51. The van der Waals surface area contributed by atoms with Crippen LogP contribution in [-0.2, 0) is 5.41 Å². The SMILES string of the molecule is CC(C)(C)c1ccc2c3c(oc2c1)N(c1ccccc1)c1cc(N(c2ccccc2)c2ccccc2)cc2c1B3c1cc3c(cc1O2)N(c1ccccc1)c1cc(N(c2ccccc2)c2ccccc2)cc2c1B3c1ccccc1N2c1ccccc1. The summed E-state index contributed by atoms with van der Waals surface area (Å²) in [5, 5.41) is 1.08. The van der Waals surface area contributed by atoms with Gasteiger partial charge < -0.3 is 28.8 Å². The molecule has 412 valence electrons. The van der Waals surface area contributed by atoms with Crippen molar-refractivity contribution in [2.75, 3.05) is 24.5 Å². The fourth-order valence-corrected chi connectivity index (χ4v) is 14.2. The maximum absolute atomic E-state index is 7.78. The number of furan rings is 1. The molecule has 4 aliphatic rings. The maximum atomic E-state index is 7.78. The highest BCUT2D eigenvalue weighted by molar-refractivity contribution is 7.03. The fourth-order valence-electron chi connectivity index (χ4n) is 14.2. The molecule has 1 aromatic heterocycles. The van der Waals surface area contributed by atoms with Gasteiger partial charge in [0.2, 0.25) is 5.88 Å². The third-order valence-corrected chi connectivity index (χ3v) is 17.9. The first-order chi connectivity index (χ1) is 42.8. The van der Waals surface area contributed by atoms with Crippen molar-refractivity contribution in [3.8, 4) is 11.5 Å². The van der Waals surface area contributed by atoms with Crippen molar-refractivity contribution >= 4 is 143 Å². The number of nitrogens with zero attached hydrogens (tertiary/aromatic N) is 5. The largest absolute Gasteiger partial charge is 0.458 e. The van der Waals surface area contributed by atoms with Gasteiger partial charge in [-0.05, 0) is 154 Å². The van der Waals surface area contributed by atoms with E-state index in [0.717, 1.165) is 124 Å². The van der Waals surface area contributed by atoms with E-state index in [1.165, 1.54) is 22.0 Å². The minimum Gasteiger partial charge on any atom is -0.458 e. The van der Waals surface area contributed by atoms with Crippen LogP contribution in [0.1, 0.15) is 26.3 Å². The summed E-state index contributed by atoms with van der Waals surface area (Å²) in [6.45, 7) is 6.33. The second-order valence-electron chi connectivity index (χ2n) is 24.1. The van der Waals surface area contributed by atoms with Crippen LogP contribution in [0.15, 0.2) is 296 Å². The van der Waals surface area contributed by atoms with E-state index in [1.807, 2.05) is 0 Å². The maximum Gasteiger partial charge on any atom is 0.261 e. The average Bonchev–Trinajstić information content (AvgIpc) is 1.67. The van der Waals surface area contributed by atoms with Gasteiger partial charge in [0.15, 0.2) is 0 Å². The van der Waals surface area contributed by atoms with Crippen molar-refractivity contribution in [3.05, 3.63) is 297 Å². The van der Waals surface area contributed by atoms with Gasteiger partial charge in [0.05, 0.1) is 17.1 Å². The van der Waals surface area contributed by atoms with Gasteiger partial charge >= 0.3 is 0 Å². The number of ether oxygens (including phenoxy) is 1. The minimum atomic E-state index is -0.296. The predicted molar refractivity (Wildman–Crippen MR) is 364 cm³/mol. The van der Waals surface area contributed by atoms with Crippen molar-refractivity contribution in [1.82, 2.24) is 0 Å². The minimum absolute atomic E-state index is 0.109. The molecule has 0 saturated carbocycles. The van der Waals surface area contributed by atoms with E-state index in [4.69, 9.17) is 9.15 Å². The molecule has 0 N–H and O–H groups in total. The average molecular weight is 1120 g/mol. The molecular weight excluding hydrogens is 1060 g/mol. The number of hydrogen-bond donors (Lipinski definition) is 0. The van der Waals surface area contributed by atoms with E-state index in [-0.39, 0.29) is 18.8 Å². The topological polar surface area (TPSA) is 38.6 Å². The van der Waals surface area contributed by atoms with E-state index < -0.39 is 0 Å². The van der Waals surface area contributed by atoms with Gasteiger partial charge in [-0.25, -0.2) is 0 Å². The van der Waals surface area contributed by atoms with E-state index in [9.17, 15) is 0 Å². The Kier molecular flexibility index (Phi) is 11.6. The normalized spacial score (nSPS) is 13.2. The Bertz CT molecular complexity index is 4720. The van der Waals surface area contributed by atoms with Crippen molar-refractivity contribution in [3.63, 3.8) is 0 Å². The third-order valence-electron chi connectivity index (χ3n) is 17.9. The molecule has 0 radical (unpaired) electrons. The first kappa shape index (κ1) is 50.6. The lowest BCUT2D eigenvalue weighted by atomic mass is 9.30. The molecule has 0 atom stereocenters. The van der Waals surface area contributed by atoms with Crippen LogP contribution in [0, 0.1) is 0 Å². The van der Waals surface area contributed by atoms with Crippen LogP contribution in [0.4, 0.5) is 85.5 Å². The second kappa shape index (κ2) is 19.9. The quantitative estimate of drug-likeness (QED) is 0.133. The first-order valence-electron chi connectivity index (χ1n) is 30.1. The van der Waals surface area contributed by atoms with Crippen LogP contribution >= 0.6 is 0 Å². The van der Waals surface area contributed by atoms with Gasteiger partial charge in [-0.15, -0.1) is 0 Å². The first-order valence-corrected chi connectivity index (χ1v) is 30.1. The zero-order valence-corrected chi connectivity index (χ0v) is 48.4. The molecule has 0 bridgehead atoms. The molecule has 87 heavy (non-hydrogen) atoms. The molecule has 7 nitrogen and oxygen atoms in total. The molecule has 0 unspecified atom stereocenters. The summed E-state index contributed by atoms with van der Waals surface area (Å²) in [4.78, 5) is 12.1. The van der Waals surface area contributed by atoms with Crippen LogP contribution in [0.25, 0.3) is 11.0 Å². The van der Waals surface area contributed by atoms with Crippen molar-refractivity contribution in [2.24, 2.45) is 0 Å². The lowest BCUT2D eigenvalue weighted by molar-refractivity contribution is 0.488. The molecule has 0 saturated heterocycles. The summed E-state index contributed by atoms with van der Waals surface area (Å²) < 4.78 is 15.3. The Labute approximate surface area is 508 Å². The monoisotopic (exact) mass is 1120 g/mol. The molecule has 13 aromatic rings. The third kappa shape index (κ3) is 8.07. The highest BCUT2D eigenvalue weighted by atomic mass is 16.5. The number of anilines is 15. The van der Waals surface area contributed by atoms with Gasteiger partial charge in [-0.2, -0.15) is 0 Å². The lowest BCUT2D eigenvalue weighted by Crippen LogP contribution is -2.64. The van der Waals surface area contributed by atoms with Crippen LogP contribution < -0.4 is 62.0 Å². The summed E-state index contributed by atoms with van der Waals surface area (Å²) in [5.41, 5.74) is 23.6. The standard InChI is InChI=1S/C78H57B2N5O2/c1-78(2,3)52-43-44-62-71(45-52)87-77-74(62)80-65-50-64-67(51-72(65)86-73-49-61(48-70(76(73)80)85(77)59-39-23-10-24-40-59)82(55-31-15-6-16-32-55)56-33-17-7-18-34-56)84(58-37-21-9-22-38-58)69-47-60(81(53-27-11-4-12-28-53)54-29-13-5-14-30-54)46-68-75(69)79(64)63-41-25-26-42-66(63)83(68)57-35-19-8-20-36-57/h4-51H,1-3H3. The van der Waals surface area contributed by atoms with Crippen molar-refractivity contribution in [2.45, 2.75) is 26.2 Å². The molecule has 0 fully saturated rings. The molecule has 12 aromatic carbocycles. The Balaban J connectivity index is 0.972. The van der Waals surface area contributed by atoms with Crippen LogP contribution in [-0.4, -0.2) is 13.4 Å². The molecule has 5 heterocycles. The van der Waals surface area contributed by atoms with Crippen molar-refractivity contribution in [1.29, 1.82) is 0 Å². The van der Waals surface area contributed by atoms with Crippen LogP contribution in [0.5, 0.6) is 11.5 Å². The lowest BCUT2D eigenvalue weighted by Gasteiger charge is -2.45. The van der Waals surface area contributed by atoms with E-state index in [2.05, 4.69) is 336 Å². The molecular formula is C78H57B2N5O2. The summed E-state index contributed by atoms with van der Waals surface area (Å²) in [6.07, 6.45) is 0. The Hall–Kier alpha value is -10.9. The van der Waals surface area contributed by atoms with Gasteiger partial charge in [0.1, 0.15) is 17.1 Å². The predicted octanol–water partition coefficient (Wildman–Crippen LogP) is 17.2. The van der Waals surface area contributed by atoms with Crippen molar-refractivity contribution < 1.29 is 9.15 Å². The number of benzene rings is 12. The molecule has 0 aliphatic carbocycles. The van der Waals surface area contributed by atoms with E-state index >= 15 is 0 Å². The summed E-state index contributed by atoms with van der Waals surface area (Å²) in [7, 11) is 0. The van der Waals surface area contributed by atoms with E-state index in [0.29, 0.717) is 0 Å². The fraction of sp³-hybridized carbons (Fsp3) is 0.0513. The van der Waals surface area contributed by atoms with Crippen LogP contribution in [0.2, 0.25) is 0 Å². The Morgan fingerprint density at radius 2 is 0.770 bits per heavy atom. The number of fused-ring (bicyclic) bond motifs is 10. The zero-order valence-electron chi connectivity index (χ0n) is 48.4.